The zero-order valence-corrected chi connectivity index (χ0v) is 11.8. The molecule has 0 aliphatic heterocycles. The summed E-state index contributed by atoms with van der Waals surface area (Å²) in [5.41, 5.74) is 0.0512. The van der Waals surface area contributed by atoms with Crippen molar-refractivity contribution in [2.24, 2.45) is 0 Å². The van der Waals surface area contributed by atoms with Crippen molar-refractivity contribution < 1.29 is 14.6 Å². The van der Waals surface area contributed by atoms with Gasteiger partial charge in [0.15, 0.2) is 0 Å². The van der Waals surface area contributed by atoms with Crippen LogP contribution in [0.1, 0.15) is 29.6 Å². The molecule has 0 aromatic heterocycles. The topological polar surface area (TPSA) is 58.6 Å². The van der Waals surface area contributed by atoms with Gasteiger partial charge in [-0.2, -0.15) is 0 Å². The third-order valence-corrected chi connectivity index (χ3v) is 3.89. The minimum absolute atomic E-state index is 0.0163. The van der Waals surface area contributed by atoms with Crippen molar-refractivity contribution in [1.82, 2.24) is 5.32 Å². The van der Waals surface area contributed by atoms with Crippen LogP contribution in [-0.4, -0.2) is 30.3 Å². The van der Waals surface area contributed by atoms with Gasteiger partial charge in [-0.25, -0.2) is 0 Å². The first kappa shape index (κ1) is 13.4. The molecule has 0 saturated heterocycles. The third kappa shape index (κ3) is 2.52. The molecule has 1 aliphatic rings. The van der Waals surface area contributed by atoms with Gasteiger partial charge < -0.3 is 15.2 Å². The molecule has 2 N–H and O–H groups in total. The Labute approximate surface area is 114 Å². The SMILES string of the molecule is COc1cc(Br)ccc1C(=O)NC1(CO)CCC1. The van der Waals surface area contributed by atoms with Crippen molar-refractivity contribution in [2.45, 2.75) is 24.8 Å². The number of benzene rings is 1. The summed E-state index contributed by atoms with van der Waals surface area (Å²) >= 11 is 3.33. The summed E-state index contributed by atoms with van der Waals surface area (Å²) in [5, 5.41) is 12.3. The first-order valence-electron chi connectivity index (χ1n) is 5.87. The number of halogens is 1. The Hall–Kier alpha value is -1.07. The van der Waals surface area contributed by atoms with Crippen LogP contribution in [0.15, 0.2) is 22.7 Å². The molecule has 4 nitrogen and oxygen atoms in total. The highest BCUT2D eigenvalue weighted by molar-refractivity contribution is 9.10. The summed E-state index contributed by atoms with van der Waals surface area (Å²) in [4.78, 5) is 12.2. The van der Waals surface area contributed by atoms with Gasteiger partial charge in [-0.15, -0.1) is 0 Å². The average Bonchev–Trinajstić information content (AvgIpc) is 2.33. The van der Waals surface area contributed by atoms with E-state index in [-0.39, 0.29) is 12.5 Å². The Kier molecular flexibility index (Phi) is 3.92. The molecule has 0 spiro atoms. The van der Waals surface area contributed by atoms with E-state index in [4.69, 9.17) is 4.74 Å². The molecule has 98 valence electrons. The number of hydrogen-bond donors (Lipinski definition) is 2. The monoisotopic (exact) mass is 313 g/mol. The lowest BCUT2D eigenvalue weighted by atomic mass is 9.77. The molecule has 2 rings (SSSR count). The van der Waals surface area contributed by atoms with Crippen LogP contribution >= 0.6 is 15.9 Å². The Morgan fingerprint density at radius 3 is 2.78 bits per heavy atom. The van der Waals surface area contributed by atoms with Gasteiger partial charge in [0.1, 0.15) is 5.75 Å². The number of carbonyl (C=O) groups is 1. The van der Waals surface area contributed by atoms with E-state index in [0.717, 1.165) is 23.7 Å². The van der Waals surface area contributed by atoms with Crippen LogP contribution in [-0.2, 0) is 0 Å². The molecular weight excluding hydrogens is 298 g/mol. The largest absolute Gasteiger partial charge is 0.496 e. The molecule has 5 heteroatoms. The van der Waals surface area contributed by atoms with Crippen molar-refractivity contribution in [1.29, 1.82) is 0 Å². The highest BCUT2D eigenvalue weighted by Gasteiger charge is 2.38. The van der Waals surface area contributed by atoms with E-state index in [2.05, 4.69) is 21.2 Å². The lowest BCUT2D eigenvalue weighted by Gasteiger charge is -2.41. The highest BCUT2D eigenvalue weighted by Crippen LogP contribution is 2.32. The standard InChI is InChI=1S/C13H16BrNO3/c1-18-11-7-9(14)3-4-10(11)12(17)15-13(8-16)5-2-6-13/h3-4,7,16H,2,5-6,8H2,1H3,(H,15,17). The fraction of sp³-hybridized carbons (Fsp3) is 0.462. The van der Waals surface area contributed by atoms with Crippen molar-refractivity contribution >= 4 is 21.8 Å². The van der Waals surface area contributed by atoms with Gasteiger partial charge in [0, 0.05) is 4.47 Å². The lowest BCUT2D eigenvalue weighted by Crippen LogP contribution is -2.56. The van der Waals surface area contributed by atoms with E-state index in [1.807, 2.05) is 0 Å². The molecule has 0 radical (unpaired) electrons. The van der Waals surface area contributed by atoms with E-state index in [0.29, 0.717) is 11.3 Å². The van der Waals surface area contributed by atoms with E-state index in [9.17, 15) is 9.90 Å². The first-order valence-corrected chi connectivity index (χ1v) is 6.66. The summed E-state index contributed by atoms with van der Waals surface area (Å²) in [6, 6.07) is 5.26. The van der Waals surface area contributed by atoms with Crippen LogP contribution in [0, 0.1) is 0 Å². The molecule has 0 unspecified atom stereocenters. The van der Waals surface area contributed by atoms with Gasteiger partial charge in [0.25, 0.3) is 5.91 Å². The second kappa shape index (κ2) is 5.28. The van der Waals surface area contributed by atoms with Crippen LogP contribution < -0.4 is 10.1 Å². The molecule has 1 amide bonds. The number of rotatable bonds is 4. The minimum Gasteiger partial charge on any atom is -0.496 e. The number of ether oxygens (including phenoxy) is 1. The molecule has 0 heterocycles. The summed E-state index contributed by atoms with van der Waals surface area (Å²) in [6.45, 7) is -0.0163. The number of amides is 1. The fourth-order valence-electron chi connectivity index (χ4n) is 2.09. The van der Waals surface area contributed by atoms with Crippen molar-refractivity contribution in [3.63, 3.8) is 0 Å². The van der Waals surface area contributed by atoms with E-state index < -0.39 is 5.54 Å². The lowest BCUT2D eigenvalue weighted by molar-refractivity contribution is 0.0639. The smallest absolute Gasteiger partial charge is 0.255 e. The fourth-order valence-corrected chi connectivity index (χ4v) is 2.43. The van der Waals surface area contributed by atoms with Crippen molar-refractivity contribution in [3.05, 3.63) is 28.2 Å². The molecular formula is C13H16BrNO3. The Balaban J connectivity index is 2.18. The molecule has 1 aromatic rings. The van der Waals surface area contributed by atoms with Gasteiger partial charge in [-0.3, -0.25) is 4.79 Å². The Bertz CT molecular complexity index is 452. The van der Waals surface area contributed by atoms with Crippen LogP contribution in [0.2, 0.25) is 0 Å². The molecule has 1 aliphatic carbocycles. The zero-order valence-electron chi connectivity index (χ0n) is 10.2. The van der Waals surface area contributed by atoms with Gasteiger partial charge in [0.05, 0.1) is 24.8 Å². The summed E-state index contributed by atoms with van der Waals surface area (Å²) in [6.07, 6.45) is 2.69. The molecule has 1 aromatic carbocycles. The zero-order chi connectivity index (χ0) is 13.2. The molecule has 1 fully saturated rings. The van der Waals surface area contributed by atoms with Crippen LogP contribution in [0.3, 0.4) is 0 Å². The predicted octanol–water partition coefficient (Wildman–Crippen LogP) is 2.10. The number of nitrogens with one attached hydrogen (secondary N) is 1. The maximum Gasteiger partial charge on any atom is 0.255 e. The quantitative estimate of drug-likeness (QED) is 0.895. The summed E-state index contributed by atoms with van der Waals surface area (Å²) in [5.74, 6) is 0.322. The normalized spacial score (nSPS) is 16.8. The van der Waals surface area contributed by atoms with Gasteiger partial charge in [0.2, 0.25) is 0 Å². The average molecular weight is 314 g/mol. The van der Waals surface area contributed by atoms with E-state index in [1.165, 1.54) is 7.11 Å². The molecule has 0 atom stereocenters. The van der Waals surface area contributed by atoms with Crippen molar-refractivity contribution in [2.75, 3.05) is 13.7 Å². The summed E-state index contributed by atoms with van der Waals surface area (Å²) < 4.78 is 6.05. The van der Waals surface area contributed by atoms with E-state index in [1.54, 1.807) is 18.2 Å². The summed E-state index contributed by atoms with van der Waals surface area (Å²) in [7, 11) is 1.53. The second-order valence-electron chi connectivity index (χ2n) is 4.59. The van der Waals surface area contributed by atoms with Crippen LogP contribution in [0.5, 0.6) is 5.75 Å². The van der Waals surface area contributed by atoms with Crippen LogP contribution in [0.4, 0.5) is 0 Å². The predicted molar refractivity (Wildman–Crippen MR) is 71.8 cm³/mol. The molecule has 18 heavy (non-hydrogen) atoms. The van der Waals surface area contributed by atoms with Gasteiger partial charge in [-0.05, 0) is 37.5 Å². The number of hydrogen-bond acceptors (Lipinski definition) is 3. The number of methoxy groups -OCH3 is 1. The molecule has 1 saturated carbocycles. The minimum atomic E-state index is -0.435. The van der Waals surface area contributed by atoms with Crippen molar-refractivity contribution in [3.8, 4) is 5.75 Å². The van der Waals surface area contributed by atoms with E-state index >= 15 is 0 Å². The number of carbonyl (C=O) groups excluding carboxylic acids is 1. The first-order chi connectivity index (χ1) is 8.60. The Morgan fingerprint density at radius 1 is 1.56 bits per heavy atom. The third-order valence-electron chi connectivity index (χ3n) is 3.40. The van der Waals surface area contributed by atoms with Gasteiger partial charge in [-0.1, -0.05) is 15.9 Å². The number of aliphatic hydroxyl groups is 1. The van der Waals surface area contributed by atoms with Crippen LogP contribution in [0.25, 0.3) is 0 Å². The maximum absolute atomic E-state index is 12.2. The second-order valence-corrected chi connectivity index (χ2v) is 5.51. The van der Waals surface area contributed by atoms with Gasteiger partial charge >= 0.3 is 0 Å². The Morgan fingerprint density at radius 2 is 2.28 bits per heavy atom. The molecule has 0 bridgehead atoms. The highest BCUT2D eigenvalue weighted by atomic mass is 79.9. The maximum atomic E-state index is 12.2. The number of aliphatic hydroxyl groups excluding tert-OH is 1.